The molecule has 0 amide bonds. The van der Waals surface area contributed by atoms with Gasteiger partial charge in [-0.2, -0.15) is 0 Å². The molecule has 0 atom stereocenters. The molecule has 10 aromatic rings. The van der Waals surface area contributed by atoms with Crippen LogP contribution in [0.15, 0.2) is 303 Å². The summed E-state index contributed by atoms with van der Waals surface area (Å²) in [4.78, 5) is 0. The van der Waals surface area contributed by atoms with Gasteiger partial charge in [0.1, 0.15) is 0 Å². The molecule has 0 saturated carbocycles. The molecule has 2 aliphatic heterocycles. The second-order valence-corrected chi connectivity index (χ2v) is 19.4. The molecule has 16 heteroatoms. The number of nitrogens with two attached hydrogens (primary N) is 4. The maximum Gasteiger partial charge on any atom is 0.475 e. The first kappa shape index (κ1) is 56.9. The molecule has 10 nitrogen and oxygen atoms in total. The largest absolute Gasteiger partial charge is 0.551 e. The number of hydrogen-bond donors (Lipinski definition) is 4. The maximum absolute atomic E-state index is 6.68. The second kappa shape index (κ2) is 30.0. The molecular weight excluding hydrogens is 986 g/mol. The van der Waals surface area contributed by atoms with Crippen molar-refractivity contribution in [3.05, 3.63) is 326 Å². The highest BCUT2D eigenvalue weighted by Gasteiger charge is 2.51. The van der Waals surface area contributed by atoms with Crippen LogP contribution >= 0.6 is 0 Å². The van der Waals surface area contributed by atoms with E-state index in [-0.39, 0.29) is 0 Å². The molecule has 8 N–H and O–H groups in total. The van der Waals surface area contributed by atoms with Crippen molar-refractivity contribution in [1.82, 2.24) is 0 Å². The fourth-order valence-corrected chi connectivity index (χ4v) is 9.51. The third-order valence-corrected chi connectivity index (χ3v) is 13.8. The summed E-state index contributed by atoms with van der Waals surface area (Å²) in [7, 11) is -2.21. The Labute approximate surface area is 473 Å². The molecule has 10 aromatic carbocycles. The molecule has 2 heterocycles. The van der Waals surface area contributed by atoms with Crippen molar-refractivity contribution in [2.75, 3.05) is 0 Å². The zero-order valence-electron chi connectivity index (χ0n) is 44.9. The Hall–Kier alpha value is -7.81. The first-order chi connectivity index (χ1) is 39.5. The molecule has 80 heavy (non-hydrogen) atoms. The zero-order valence-corrected chi connectivity index (χ0v) is 44.9. The summed E-state index contributed by atoms with van der Waals surface area (Å²) < 4.78 is 39.4. The van der Waals surface area contributed by atoms with E-state index < -0.39 is 41.8 Å². The predicted octanol–water partition coefficient (Wildman–Crippen LogP) is 5.19. The third kappa shape index (κ3) is 16.2. The molecule has 2 aliphatic rings. The van der Waals surface area contributed by atoms with Gasteiger partial charge in [0, 0.05) is 24.2 Å². The van der Waals surface area contributed by atoms with Gasteiger partial charge in [0.25, 0.3) is 0 Å². The molecule has 0 bridgehead atoms. The van der Waals surface area contributed by atoms with E-state index in [1.54, 1.807) is 0 Å². The average molecular weight is 1050 g/mol. The van der Waals surface area contributed by atoms with Crippen LogP contribution in [0.25, 0.3) is 0 Å². The van der Waals surface area contributed by atoms with Crippen molar-refractivity contribution < 1.29 is 37.9 Å². The lowest BCUT2D eigenvalue weighted by Crippen LogP contribution is -3.07. The Balaban J connectivity index is 0.000000152. The molecule has 0 aliphatic carbocycles. The van der Waals surface area contributed by atoms with Crippen LogP contribution in [0.2, 0.25) is 0 Å². The highest BCUT2D eigenvalue weighted by Crippen LogP contribution is 2.17. The van der Waals surface area contributed by atoms with Crippen LogP contribution in [0, 0.1) is 0 Å². The van der Waals surface area contributed by atoms with Crippen molar-refractivity contribution >= 4 is 74.6 Å². The molecule has 396 valence electrons. The van der Waals surface area contributed by atoms with E-state index in [1.807, 2.05) is 231 Å². The second-order valence-electron chi connectivity index (χ2n) is 19.4. The average Bonchev–Trinajstić information content (AvgIpc) is 3.56. The van der Waals surface area contributed by atoms with Crippen LogP contribution in [-0.4, -0.2) is 41.8 Å². The quantitative estimate of drug-likeness (QED) is 0.109. The van der Waals surface area contributed by atoms with Crippen LogP contribution in [-0.2, 0) is 53.6 Å². The fraction of sp³-hybridized carbons (Fsp3) is 0.0625. The van der Waals surface area contributed by atoms with Crippen LogP contribution in [0.4, 0.5) is 0 Å². The summed E-state index contributed by atoms with van der Waals surface area (Å²) in [6, 6.07) is 101. The van der Waals surface area contributed by atoms with Crippen LogP contribution in [0.1, 0.15) is 22.3 Å². The number of quaternary nitrogens is 2. The highest BCUT2D eigenvalue weighted by molar-refractivity contribution is 6.92. The van der Waals surface area contributed by atoms with E-state index in [9.17, 15) is 0 Å². The van der Waals surface area contributed by atoms with E-state index in [1.165, 1.54) is 22.3 Å². The normalized spacial score (nSPS) is 14.2. The monoisotopic (exact) mass is 1050 g/mol. The van der Waals surface area contributed by atoms with Gasteiger partial charge in [0.05, 0.1) is 13.1 Å². The van der Waals surface area contributed by atoms with Gasteiger partial charge >= 0.3 is 41.8 Å². The fourth-order valence-electron chi connectivity index (χ4n) is 9.51. The van der Waals surface area contributed by atoms with E-state index in [4.69, 9.17) is 38.9 Å². The maximum atomic E-state index is 6.68. The minimum absolute atomic E-state index is 0.553. The Morgan fingerprint density at radius 2 is 0.463 bits per heavy atom. The Morgan fingerprint density at radius 3 is 0.675 bits per heavy atom. The van der Waals surface area contributed by atoms with Gasteiger partial charge < -0.3 is 49.4 Å². The van der Waals surface area contributed by atoms with Gasteiger partial charge in [-0.05, 0) is 33.0 Å². The molecule has 0 radical (unpaired) electrons. The Bertz CT molecular complexity index is 2960. The van der Waals surface area contributed by atoms with Crippen molar-refractivity contribution in [3.63, 3.8) is 0 Å². The van der Waals surface area contributed by atoms with E-state index in [2.05, 4.69) is 83.3 Å². The number of benzene rings is 10. The molecule has 2 fully saturated rings. The van der Waals surface area contributed by atoms with Crippen molar-refractivity contribution in [3.8, 4) is 0 Å². The lowest BCUT2D eigenvalue weighted by Gasteiger charge is -2.47. The smallest absolute Gasteiger partial charge is 0.475 e. The van der Waals surface area contributed by atoms with Gasteiger partial charge in [0.15, 0.2) is 0 Å². The lowest BCUT2D eigenvalue weighted by molar-refractivity contribution is -0.571. The summed E-state index contributed by atoms with van der Waals surface area (Å²) >= 11 is 0. The Morgan fingerprint density at radius 1 is 0.263 bits per heavy atom. The van der Waals surface area contributed by atoms with Gasteiger partial charge in [-0.1, -0.05) is 314 Å². The van der Waals surface area contributed by atoms with Gasteiger partial charge in [0.2, 0.25) is 0 Å². The molecule has 0 unspecified atom stereocenters. The number of rotatable bonds is 14. The van der Waals surface area contributed by atoms with Crippen molar-refractivity contribution in [1.29, 1.82) is 0 Å². The first-order valence-corrected chi connectivity index (χ1v) is 27.4. The minimum Gasteiger partial charge on any atom is -0.551 e. The molecule has 0 spiro atoms. The standard InChI is InChI=1S/2C25H24B3NO3.2C7H9N/c2*1-5-13-22(14-6-1)21-29-28(25-19-11-4-12-20-25)31-26(23-15-7-2-8-16-23)30-27(32-28)24-17-9-3-10-18-24;2*8-6-7-4-2-1-3-5-7/h2*1-20H,21,29H2;2*1-5H,6,8H2. The van der Waals surface area contributed by atoms with Gasteiger partial charge in [-0.15, -0.1) is 0 Å². The molecular formula is C64H66B6N4O6. The summed E-state index contributed by atoms with van der Waals surface area (Å²) in [6.07, 6.45) is 0. The first-order valence-electron chi connectivity index (χ1n) is 27.4. The van der Waals surface area contributed by atoms with Gasteiger partial charge in [-0.3, -0.25) is 0 Å². The number of hydrogen-bond acceptors (Lipinski definition) is 8. The van der Waals surface area contributed by atoms with Crippen molar-refractivity contribution in [2.24, 2.45) is 11.5 Å². The zero-order chi connectivity index (χ0) is 54.9. The predicted molar refractivity (Wildman–Crippen MR) is 330 cm³/mol. The third-order valence-electron chi connectivity index (χ3n) is 13.8. The summed E-state index contributed by atoms with van der Waals surface area (Å²) in [5.74, 6) is 0. The minimum atomic E-state index is -1.93. The van der Waals surface area contributed by atoms with E-state index in [0.29, 0.717) is 13.1 Å². The molecule has 2 saturated heterocycles. The summed E-state index contributed by atoms with van der Waals surface area (Å²) in [5.41, 5.74) is 21.3. The highest BCUT2D eigenvalue weighted by atomic mass is 16.7. The lowest BCUT2D eigenvalue weighted by atomic mass is 9.54. The van der Waals surface area contributed by atoms with Crippen molar-refractivity contribution in [2.45, 2.75) is 26.2 Å². The van der Waals surface area contributed by atoms with Gasteiger partial charge in [-0.25, -0.2) is 0 Å². The van der Waals surface area contributed by atoms with E-state index >= 15 is 0 Å². The van der Waals surface area contributed by atoms with Crippen LogP contribution in [0.5, 0.6) is 0 Å². The topological polar surface area (TPSA) is 141 Å². The van der Waals surface area contributed by atoms with Crippen LogP contribution in [0.3, 0.4) is 0 Å². The summed E-state index contributed by atoms with van der Waals surface area (Å²) in [6.45, 7) is -1.14. The molecule has 0 aromatic heterocycles. The SMILES string of the molecule is NCc1ccccc1.NCc1ccccc1.c1ccc(C[NH2+][B-]2(c3ccccc3)OB(c3ccccc3)OB(c3ccccc3)O2)cc1.c1ccc(C[NH2+][B-]2(c3ccccc3)OB(c3ccccc3)OB(c3ccccc3)O2)cc1. The summed E-state index contributed by atoms with van der Waals surface area (Å²) in [5, 5.41) is 4.33. The molecule has 12 rings (SSSR count). The Kier molecular flexibility index (Phi) is 21.3. The van der Waals surface area contributed by atoms with Crippen LogP contribution < -0.4 is 54.7 Å². The van der Waals surface area contributed by atoms with E-state index in [0.717, 1.165) is 45.9 Å².